The van der Waals surface area contributed by atoms with Crippen LogP contribution in [0.4, 0.5) is 8.78 Å². The molecule has 0 radical (unpaired) electrons. The van der Waals surface area contributed by atoms with Crippen molar-refractivity contribution in [3.8, 4) is 11.1 Å². The fraction of sp³-hybridized carbons (Fsp3) is 0.286. The highest BCUT2D eigenvalue weighted by molar-refractivity contribution is 5.92. The van der Waals surface area contributed by atoms with E-state index in [0.29, 0.717) is 32.8 Å². The van der Waals surface area contributed by atoms with Crippen molar-refractivity contribution in [3.05, 3.63) is 40.7 Å². The van der Waals surface area contributed by atoms with Crippen molar-refractivity contribution in [2.24, 2.45) is 0 Å². The van der Waals surface area contributed by atoms with Crippen LogP contribution in [0.3, 0.4) is 0 Å². The molecule has 4 nitrogen and oxygen atoms in total. The number of carbonyl (C=O) groups is 1. The van der Waals surface area contributed by atoms with Gasteiger partial charge in [0.2, 0.25) is 0 Å². The van der Waals surface area contributed by atoms with Crippen molar-refractivity contribution < 1.29 is 18.7 Å². The molecular weight excluding hydrogens is 266 g/mol. The molecule has 1 aromatic heterocycles. The summed E-state index contributed by atoms with van der Waals surface area (Å²) in [6.07, 6.45) is 0. The van der Waals surface area contributed by atoms with Gasteiger partial charge in [-0.3, -0.25) is 0 Å². The lowest BCUT2D eigenvalue weighted by Gasteiger charge is -2.09. The van der Waals surface area contributed by atoms with Crippen LogP contribution < -0.4 is 0 Å². The van der Waals surface area contributed by atoms with Gasteiger partial charge in [0.25, 0.3) is 0 Å². The second-order valence-corrected chi connectivity index (χ2v) is 4.55. The van der Waals surface area contributed by atoms with E-state index in [0.717, 1.165) is 0 Å². The highest BCUT2D eigenvalue weighted by Crippen LogP contribution is 2.32. The number of aromatic nitrogens is 2. The van der Waals surface area contributed by atoms with Crippen molar-refractivity contribution >= 4 is 5.97 Å². The lowest BCUT2D eigenvalue weighted by atomic mass is 9.95. The standard InChI is InChI=1S/C14H14F2N2O2/c1-7-10(5-4-6-11(7)13(19)20)12-8(2)17-18(9(12)3)14(15)16/h4-6,14H,1-3H3,(H,19,20). The first-order valence-electron chi connectivity index (χ1n) is 6.01. The van der Waals surface area contributed by atoms with Gasteiger partial charge >= 0.3 is 12.5 Å². The molecule has 106 valence electrons. The molecule has 0 saturated heterocycles. The maximum absolute atomic E-state index is 12.9. The van der Waals surface area contributed by atoms with E-state index in [-0.39, 0.29) is 5.56 Å². The number of aryl methyl sites for hydroxylation is 1. The Morgan fingerprint density at radius 3 is 2.45 bits per heavy atom. The molecule has 1 aromatic carbocycles. The summed E-state index contributed by atoms with van der Waals surface area (Å²) in [4.78, 5) is 11.1. The van der Waals surface area contributed by atoms with Gasteiger partial charge in [-0.2, -0.15) is 13.9 Å². The number of carboxylic acid groups (broad SMARTS) is 1. The van der Waals surface area contributed by atoms with Gasteiger partial charge in [0.1, 0.15) is 0 Å². The molecule has 6 heteroatoms. The van der Waals surface area contributed by atoms with Crippen LogP contribution in [0, 0.1) is 20.8 Å². The Morgan fingerprint density at radius 1 is 1.30 bits per heavy atom. The second kappa shape index (κ2) is 5.03. The normalized spacial score (nSPS) is 11.1. The van der Waals surface area contributed by atoms with Crippen LogP contribution in [-0.4, -0.2) is 20.9 Å². The topological polar surface area (TPSA) is 55.1 Å². The average molecular weight is 280 g/mol. The zero-order valence-corrected chi connectivity index (χ0v) is 11.3. The Morgan fingerprint density at radius 2 is 1.95 bits per heavy atom. The fourth-order valence-electron chi connectivity index (χ4n) is 2.38. The number of alkyl halides is 2. The van der Waals surface area contributed by atoms with Gasteiger partial charge in [0.15, 0.2) is 0 Å². The molecule has 20 heavy (non-hydrogen) atoms. The Hall–Kier alpha value is -2.24. The van der Waals surface area contributed by atoms with Crippen LogP contribution in [0.25, 0.3) is 11.1 Å². The fourth-order valence-corrected chi connectivity index (χ4v) is 2.38. The third kappa shape index (κ3) is 2.17. The van der Waals surface area contributed by atoms with E-state index in [1.807, 2.05) is 0 Å². The van der Waals surface area contributed by atoms with E-state index in [9.17, 15) is 13.6 Å². The predicted octanol–water partition coefficient (Wildman–Crippen LogP) is 3.57. The molecule has 0 aliphatic rings. The largest absolute Gasteiger partial charge is 0.478 e. The number of benzene rings is 1. The van der Waals surface area contributed by atoms with Crippen molar-refractivity contribution in [3.63, 3.8) is 0 Å². The Balaban J connectivity index is 2.70. The van der Waals surface area contributed by atoms with E-state index in [1.165, 1.54) is 6.07 Å². The molecule has 0 fully saturated rings. The minimum atomic E-state index is -2.72. The van der Waals surface area contributed by atoms with E-state index in [2.05, 4.69) is 5.10 Å². The van der Waals surface area contributed by atoms with Gasteiger partial charge < -0.3 is 5.11 Å². The first-order valence-corrected chi connectivity index (χ1v) is 6.01. The summed E-state index contributed by atoms with van der Waals surface area (Å²) in [5.74, 6) is -1.04. The van der Waals surface area contributed by atoms with Gasteiger partial charge in [0, 0.05) is 11.3 Å². The molecule has 0 aliphatic carbocycles. The molecule has 0 bridgehead atoms. The summed E-state index contributed by atoms with van der Waals surface area (Å²) in [6, 6.07) is 4.81. The van der Waals surface area contributed by atoms with Gasteiger partial charge in [-0.1, -0.05) is 12.1 Å². The first kappa shape index (κ1) is 14.2. The van der Waals surface area contributed by atoms with Gasteiger partial charge in [-0.05, 0) is 38.0 Å². The molecule has 2 rings (SSSR count). The van der Waals surface area contributed by atoms with E-state index >= 15 is 0 Å². The summed E-state index contributed by atoms with van der Waals surface area (Å²) in [6.45, 7) is 2.13. The third-order valence-corrected chi connectivity index (χ3v) is 3.34. The minimum Gasteiger partial charge on any atom is -0.478 e. The Labute approximate surface area is 114 Å². The zero-order chi connectivity index (χ0) is 15.0. The maximum atomic E-state index is 12.9. The van der Waals surface area contributed by atoms with E-state index in [4.69, 9.17) is 5.11 Å². The number of hydrogen-bond acceptors (Lipinski definition) is 2. The van der Waals surface area contributed by atoms with Crippen molar-refractivity contribution in [2.75, 3.05) is 0 Å². The zero-order valence-electron chi connectivity index (χ0n) is 11.3. The predicted molar refractivity (Wildman–Crippen MR) is 70.1 cm³/mol. The van der Waals surface area contributed by atoms with Gasteiger partial charge in [-0.15, -0.1) is 0 Å². The molecule has 1 heterocycles. The molecule has 0 saturated carbocycles. The molecular formula is C14H14F2N2O2. The smallest absolute Gasteiger partial charge is 0.335 e. The summed E-state index contributed by atoms with van der Waals surface area (Å²) < 4.78 is 26.4. The first-order chi connectivity index (χ1) is 9.34. The third-order valence-electron chi connectivity index (χ3n) is 3.34. The maximum Gasteiger partial charge on any atom is 0.335 e. The van der Waals surface area contributed by atoms with E-state index < -0.39 is 12.5 Å². The van der Waals surface area contributed by atoms with Gasteiger partial charge in [-0.25, -0.2) is 9.48 Å². The molecule has 0 unspecified atom stereocenters. The van der Waals surface area contributed by atoms with Crippen molar-refractivity contribution in [2.45, 2.75) is 27.3 Å². The highest BCUT2D eigenvalue weighted by atomic mass is 19.3. The molecule has 0 spiro atoms. The number of carboxylic acids is 1. The highest BCUT2D eigenvalue weighted by Gasteiger charge is 2.21. The van der Waals surface area contributed by atoms with E-state index in [1.54, 1.807) is 32.9 Å². The number of hydrogen-bond donors (Lipinski definition) is 1. The number of aromatic carboxylic acids is 1. The SMILES string of the molecule is Cc1nn(C(F)F)c(C)c1-c1cccc(C(=O)O)c1C. The van der Waals surface area contributed by atoms with Gasteiger partial charge in [0.05, 0.1) is 11.3 Å². The monoisotopic (exact) mass is 280 g/mol. The molecule has 2 aromatic rings. The molecule has 1 N–H and O–H groups in total. The quantitative estimate of drug-likeness (QED) is 0.935. The van der Waals surface area contributed by atoms with Crippen LogP contribution in [0.15, 0.2) is 18.2 Å². The summed E-state index contributed by atoms with van der Waals surface area (Å²) in [5, 5.41) is 12.9. The summed E-state index contributed by atoms with van der Waals surface area (Å²) in [7, 11) is 0. The lowest BCUT2D eigenvalue weighted by Crippen LogP contribution is -2.03. The molecule has 0 atom stereocenters. The second-order valence-electron chi connectivity index (χ2n) is 4.55. The minimum absolute atomic E-state index is 0.158. The van der Waals surface area contributed by atoms with Crippen LogP contribution in [0.1, 0.15) is 33.9 Å². The van der Waals surface area contributed by atoms with Crippen LogP contribution in [0.5, 0.6) is 0 Å². The molecule has 0 amide bonds. The van der Waals surface area contributed by atoms with Crippen LogP contribution in [0.2, 0.25) is 0 Å². The van der Waals surface area contributed by atoms with Crippen LogP contribution >= 0.6 is 0 Å². The van der Waals surface area contributed by atoms with Crippen molar-refractivity contribution in [1.82, 2.24) is 9.78 Å². The Bertz CT molecular complexity index is 678. The summed E-state index contributed by atoms with van der Waals surface area (Å²) >= 11 is 0. The number of nitrogens with zero attached hydrogens (tertiary/aromatic N) is 2. The number of halogens is 2. The number of rotatable bonds is 3. The Kier molecular flexibility index (Phi) is 3.57. The van der Waals surface area contributed by atoms with Crippen molar-refractivity contribution in [1.29, 1.82) is 0 Å². The lowest BCUT2D eigenvalue weighted by molar-refractivity contribution is 0.0541. The van der Waals surface area contributed by atoms with Crippen LogP contribution in [-0.2, 0) is 0 Å². The molecule has 0 aliphatic heterocycles. The average Bonchev–Trinajstić information content (AvgIpc) is 2.65. The summed E-state index contributed by atoms with van der Waals surface area (Å²) in [5.41, 5.74) is 2.65.